The molecular formula is C123H125N11O10. The Hall–Kier alpha value is -16.5. The number of ether oxygens (including phenoxy) is 8. The predicted octanol–water partition coefficient (Wildman–Crippen LogP) is 28.0. The number of aryl methyl sites for hydroxylation is 2. The van der Waals surface area contributed by atoms with Crippen LogP contribution in [0.5, 0.6) is 46.0 Å². The van der Waals surface area contributed by atoms with Gasteiger partial charge in [0.1, 0.15) is 98.8 Å². The van der Waals surface area contributed by atoms with E-state index in [4.69, 9.17) is 64.2 Å². The van der Waals surface area contributed by atoms with Crippen LogP contribution in [0.25, 0.3) is 43.7 Å². The standard InChI is InChI=1S/C123H125N11O10/c1-85-19-45-107(46-20-85)143-118(135)98-57-86(2)58-114(69-98)144-119(136)99-67-112(141-83-96-63-108(137-53-49-131(15)103-37-29-87(30-38-103)21-25-91-59-95(47-48-124)77-120(3,4)73-91)70-109(64-96)138-54-50-132(16)104-39-31-88(32-40-104)22-26-92-60-100(115(81-125)127-11)78-121(5,6)74-92)72-113(68-99)142-84-97-65-110(139-55-51-133(17)105-41-33-89(34-42-105)23-27-93-61-101(116(82-126)128-12)79-122(7,8)75-93)71-111(66-97)140-56-52-134(18)106-43-35-90(36-44-106)24-28-94-62-102(117(129-13)130-14)80-123(9,10)76-94/h19-46,57-72,95H,47,49-56,73-80,83-84H2,1-10,15-18H3. The molecule has 0 fully saturated rings. The molecule has 0 amide bonds. The van der Waals surface area contributed by atoms with Gasteiger partial charge in [0.25, 0.3) is 11.4 Å². The highest BCUT2D eigenvalue weighted by atomic mass is 16.5. The maximum Gasteiger partial charge on any atom is 0.522 e. The van der Waals surface area contributed by atoms with Crippen LogP contribution in [-0.4, -0.2) is 92.7 Å². The summed E-state index contributed by atoms with van der Waals surface area (Å²) < 4.78 is 52.1. The zero-order valence-corrected chi connectivity index (χ0v) is 84.9. The van der Waals surface area contributed by atoms with E-state index >= 15 is 0 Å². The fourth-order valence-electron chi connectivity index (χ4n) is 18.5. The summed E-state index contributed by atoms with van der Waals surface area (Å²) in [5, 5.41) is 28.9. The summed E-state index contributed by atoms with van der Waals surface area (Å²) in [5.41, 5.74) is 18.1. The number of anilines is 4. The van der Waals surface area contributed by atoms with Crippen molar-refractivity contribution in [2.75, 3.05) is 100 Å². The summed E-state index contributed by atoms with van der Waals surface area (Å²) in [6.45, 7) is 54.8. The molecule has 1 unspecified atom stereocenters. The molecule has 732 valence electrons. The number of nitriles is 3. The van der Waals surface area contributed by atoms with Crippen LogP contribution in [0.2, 0.25) is 0 Å². The number of esters is 2. The molecule has 0 radical (unpaired) electrons. The van der Waals surface area contributed by atoms with Crippen molar-refractivity contribution in [2.24, 2.45) is 27.6 Å². The van der Waals surface area contributed by atoms with Gasteiger partial charge in [0.2, 0.25) is 0 Å². The lowest BCUT2D eigenvalue weighted by molar-refractivity contribution is 0.0714. The van der Waals surface area contributed by atoms with Gasteiger partial charge in [-0.15, -0.1) is 0 Å². The SMILES string of the molecule is [C-]#[N+]C(C#N)=C1C=C(C=Cc2ccc(N(C)CCOc3cc(COc4cc(OCc5cc(OCCN(C)c6ccc(C=CC7=CC(=C(C#N)[N+]#[C-])CC(C)(C)C7)cc6)cc(OCCN(C)c6ccc(C=CC7=CC(CC#N)CC(C)(C)C7)cc6)c5)cc(C(=O)Oc5cc(C)cc(C(=O)Oc6ccc(C)cc6)c5)c4)cc(OCCN(C)c4ccc(C=CC5=CC(=C([N+]#[C-])[N+]#[C-])CC(C)(C)C5)cc4)c3)cc2)CC(C)(C)C1. The second-order valence-corrected chi connectivity index (χ2v) is 40.7. The van der Waals surface area contributed by atoms with E-state index in [-0.39, 0.29) is 99.6 Å². The van der Waals surface area contributed by atoms with Crippen LogP contribution in [0.15, 0.2) is 299 Å². The number of hydrogen-bond acceptors (Lipinski definition) is 17. The summed E-state index contributed by atoms with van der Waals surface area (Å²) in [6, 6.07) is 67.9. The first-order chi connectivity index (χ1) is 69.0. The number of carbonyl (C=O) groups excluding carboxylic acids is 2. The van der Waals surface area contributed by atoms with Crippen LogP contribution in [0.4, 0.5) is 22.7 Å². The van der Waals surface area contributed by atoms with Crippen molar-refractivity contribution in [1.82, 2.24) is 0 Å². The molecule has 0 spiro atoms. The molecule has 0 saturated heterocycles. The van der Waals surface area contributed by atoms with Crippen molar-refractivity contribution in [1.29, 1.82) is 15.8 Å². The Bertz CT molecular complexity index is 6660. The predicted molar refractivity (Wildman–Crippen MR) is 574 cm³/mol. The largest absolute Gasteiger partial charge is 0.522 e. The quantitative estimate of drug-likeness (QED) is 0.0152. The maximum atomic E-state index is 14.9. The summed E-state index contributed by atoms with van der Waals surface area (Å²) in [4.78, 5) is 51.2. The van der Waals surface area contributed by atoms with E-state index in [1.54, 1.807) is 49.4 Å². The number of likely N-dealkylation sites (N-methyl/N-ethyl adjacent to an activating group) is 4. The Morgan fingerprint density at radius 3 is 1.04 bits per heavy atom. The summed E-state index contributed by atoms with van der Waals surface area (Å²) >= 11 is 0. The number of carbonyl (C=O) groups is 2. The lowest BCUT2D eigenvalue weighted by Gasteiger charge is -2.33. The fraction of sp³-hybridized carbons (Fsp3) is 0.309. The Kier molecular flexibility index (Phi) is 35.4. The number of benzene rings is 9. The van der Waals surface area contributed by atoms with Crippen LogP contribution in [0, 0.1) is 102 Å². The highest BCUT2D eigenvalue weighted by molar-refractivity contribution is 5.94. The van der Waals surface area contributed by atoms with Gasteiger partial charge in [-0.3, -0.25) is 0 Å². The van der Waals surface area contributed by atoms with Crippen LogP contribution in [-0.2, 0) is 13.2 Å². The molecule has 144 heavy (non-hydrogen) atoms. The Labute approximate surface area is 849 Å². The second-order valence-electron chi connectivity index (χ2n) is 40.7. The van der Waals surface area contributed by atoms with Crippen molar-refractivity contribution < 1.29 is 47.5 Å². The molecule has 4 aliphatic rings. The van der Waals surface area contributed by atoms with Crippen molar-refractivity contribution >= 4 is 59.0 Å². The van der Waals surface area contributed by atoms with Gasteiger partial charge in [-0.25, -0.2) is 29.8 Å². The molecule has 9 aromatic carbocycles. The van der Waals surface area contributed by atoms with E-state index in [0.717, 1.165) is 116 Å². The van der Waals surface area contributed by atoms with Gasteiger partial charge >= 0.3 is 17.8 Å². The van der Waals surface area contributed by atoms with E-state index in [2.05, 4.69) is 264 Å². The van der Waals surface area contributed by atoms with Crippen molar-refractivity contribution in [2.45, 2.75) is 140 Å². The monoisotopic (exact) mass is 1920 g/mol. The smallest absolute Gasteiger partial charge is 0.492 e. The highest BCUT2D eigenvalue weighted by Crippen LogP contribution is 2.45. The zero-order valence-electron chi connectivity index (χ0n) is 84.9. The third-order valence-electron chi connectivity index (χ3n) is 25.6. The van der Waals surface area contributed by atoms with Gasteiger partial charge in [0.15, 0.2) is 0 Å². The number of nitrogens with zero attached hydrogens (tertiary/aromatic N) is 11. The Morgan fingerprint density at radius 2 is 0.688 bits per heavy atom. The molecule has 0 aliphatic heterocycles. The van der Waals surface area contributed by atoms with E-state index < -0.39 is 11.9 Å². The van der Waals surface area contributed by atoms with E-state index in [1.165, 1.54) is 11.6 Å². The van der Waals surface area contributed by atoms with Crippen LogP contribution in [0.1, 0.15) is 178 Å². The first-order valence-electron chi connectivity index (χ1n) is 48.6. The minimum atomic E-state index is -0.766. The molecule has 21 nitrogen and oxygen atoms in total. The van der Waals surface area contributed by atoms with E-state index in [0.29, 0.717) is 111 Å². The Balaban J connectivity index is 0.759. The van der Waals surface area contributed by atoms with Gasteiger partial charge in [-0.05, 0) is 275 Å². The summed E-state index contributed by atoms with van der Waals surface area (Å²) in [6.07, 6.45) is 31.9. The average Bonchev–Trinajstić information content (AvgIpc) is 0.821. The highest BCUT2D eigenvalue weighted by Gasteiger charge is 2.33. The number of allylic oxidation sites excluding steroid dienone is 17. The molecule has 0 N–H and O–H groups in total. The summed E-state index contributed by atoms with van der Waals surface area (Å²) in [7, 11) is 8.06. The molecule has 4 aliphatic carbocycles. The fourth-order valence-corrected chi connectivity index (χ4v) is 18.5. The third-order valence-corrected chi connectivity index (χ3v) is 25.6. The molecule has 0 aromatic heterocycles. The van der Waals surface area contributed by atoms with Gasteiger partial charge < -0.3 is 57.5 Å². The topological polar surface area (TPSA) is 210 Å². The molecule has 9 aromatic rings. The van der Waals surface area contributed by atoms with Crippen molar-refractivity contribution in [3.63, 3.8) is 0 Å². The maximum absolute atomic E-state index is 14.9. The van der Waals surface area contributed by atoms with Gasteiger partial charge in [0.05, 0.1) is 68.7 Å². The van der Waals surface area contributed by atoms with Crippen molar-refractivity contribution in [3.8, 4) is 64.2 Å². The molecule has 1 atom stereocenters. The second kappa shape index (κ2) is 48.6. The lowest BCUT2D eigenvalue weighted by atomic mass is 9.72. The van der Waals surface area contributed by atoms with Crippen LogP contribution < -0.4 is 57.5 Å². The minimum absolute atomic E-state index is 0.0263. The molecule has 0 heterocycles. The molecule has 0 bridgehead atoms. The third kappa shape index (κ3) is 31.0. The number of hydrogen-bond donors (Lipinski definition) is 0. The lowest BCUT2D eigenvalue weighted by Crippen LogP contribution is -2.24. The van der Waals surface area contributed by atoms with Crippen LogP contribution >= 0.6 is 0 Å². The van der Waals surface area contributed by atoms with Gasteiger partial charge in [-0.1, -0.05) is 200 Å². The van der Waals surface area contributed by atoms with Gasteiger partial charge in [-0.2, -0.15) is 15.0 Å². The molecule has 13 rings (SSSR count). The Morgan fingerprint density at radius 1 is 0.361 bits per heavy atom. The normalized spacial score (nSPS) is 16.2. The van der Waals surface area contributed by atoms with Crippen molar-refractivity contribution in [3.05, 3.63) is 400 Å². The number of rotatable bonds is 39. The molecular weight excluding hydrogens is 1790 g/mol. The zero-order chi connectivity index (χ0) is 103. The molecule has 0 saturated carbocycles. The first-order valence-corrected chi connectivity index (χ1v) is 48.6. The van der Waals surface area contributed by atoms with E-state index in [1.807, 2.05) is 102 Å². The summed E-state index contributed by atoms with van der Waals surface area (Å²) in [5.74, 6) is 2.06. The average molecular weight is 1920 g/mol. The minimum Gasteiger partial charge on any atom is -0.492 e. The van der Waals surface area contributed by atoms with Crippen LogP contribution in [0.3, 0.4) is 0 Å². The molecule has 21 heteroatoms. The van der Waals surface area contributed by atoms with E-state index in [9.17, 15) is 25.4 Å². The van der Waals surface area contributed by atoms with Gasteiger partial charge in [0, 0.05) is 81.1 Å². The first kappa shape index (κ1) is 105.